The van der Waals surface area contributed by atoms with Gasteiger partial charge in [-0.05, 0) is 38.5 Å². The maximum atomic E-state index is 10.5. The van der Waals surface area contributed by atoms with E-state index in [4.69, 9.17) is 30.9 Å². The summed E-state index contributed by atoms with van der Waals surface area (Å²) in [7, 11) is 0. The van der Waals surface area contributed by atoms with Crippen LogP contribution in [0.15, 0.2) is 12.2 Å². The molecule has 9 heteroatoms. The summed E-state index contributed by atoms with van der Waals surface area (Å²) in [5, 5.41) is 54.0. The molecule has 0 aromatic rings. The number of fused-ring (bicyclic) bond motifs is 1. The van der Waals surface area contributed by atoms with E-state index in [-0.39, 0.29) is 24.5 Å². The van der Waals surface area contributed by atoms with Gasteiger partial charge in [0.2, 0.25) is 0 Å². The minimum absolute atomic E-state index is 0.0286. The highest BCUT2D eigenvalue weighted by Crippen LogP contribution is 2.45. The Hall–Kier alpha value is -1.51. The van der Waals surface area contributed by atoms with Gasteiger partial charge in [-0.15, -0.1) is 11.8 Å². The Kier molecular flexibility index (Phi) is 13.8. The van der Waals surface area contributed by atoms with Gasteiger partial charge < -0.3 is 41.1 Å². The highest BCUT2D eigenvalue weighted by atomic mass is 16.5. The number of carbonyl (C=O) groups is 1. The number of aliphatic hydroxyl groups excluding tert-OH is 5. The normalized spacial score (nSPS) is 27.4. The van der Waals surface area contributed by atoms with Crippen LogP contribution < -0.4 is 5.73 Å². The smallest absolute Gasteiger partial charge is 0.303 e. The average Bonchev–Trinajstić information content (AvgIpc) is 3.31. The first-order valence-corrected chi connectivity index (χ1v) is 11.6. The number of aliphatic hydroxyl groups is 5. The molecule has 9 nitrogen and oxygen atoms in total. The Balaban J connectivity index is 0.000000582. The lowest BCUT2D eigenvalue weighted by molar-refractivity contribution is -0.137. The summed E-state index contributed by atoms with van der Waals surface area (Å²) in [6.45, 7) is 0.579. The minimum Gasteiger partial charge on any atom is -0.481 e. The van der Waals surface area contributed by atoms with E-state index >= 15 is 0 Å². The first kappa shape index (κ1) is 29.5. The Morgan fingerprint density at radius 3 is 2.42 bits per heavy atom. The molecule has 2 aliphatic rings. The molecule has 2 rings (SSSR count). The van der Waals surface area contributed by atoms with Gasteiger partial charge in [-0.1, -0.05) is 18.6 Å². The van der Waals surface area contributed by atoms with Gasteiger partial charge in [-0.2, -0.15) is 0 Å². The van der Waals surface area contributed by atoms with Crippen molar-refractivity contribution < 1.29 is 40.2 Å². The zero-order valence-corrected chi connectivity index (χ0v) is 19.5. The van der Waals surface area contributed by atoms with Crippen LogP contribution in [0.5, 0.6) is 0 Å². The molecule has 1 saturated heterocycles. The summed E-state index contributed by atoms with van der Waals surface area (Å²) < 4.78 is 6.06. The lowest BCUT2D eigenvalue weighted by Gasteiger charge is -2.20. The van der Waals surface area contributed by atoms with Crippen LogP contribution in [0.3, 0.4) is 0 Å². The summed E-state index contributed by atoms with van der Waals surface area (Å²) >= 11 is 0. The van der Waals surface area contributed by atoms with Crippen molar-refractivity contribution in [3.63, 3.8) is 0 Å². The molecule has 1 aliphatic heterocycles. The molecule has 0 radical (unpaired) electrons. The van der Waals surface area contributed by atoms with Crippen LogP contribution in [0, 0.1) is 23.7 Å². The van der Waals surface area contributed by atoms with Crippen LogP contribution >= 0.6 is 0 Å². The minimum atomic E-state index is -1.21. The van der Waals surface area contributed by atoms with Crippen molar-refractivity contribution in [3.05, 3.63) is 12.2 Å². The van der Waals surface area contributed by atoms with Crippen LogP contribution in [0.4, 0.5) is 0 Å². The number of rotatable bonds is 12. The fraction of sp³-hybridized carbons (Fsp3) is 0.792. The summed E-state index contributed by atoms with van der Waals surface area (Å²) in [6, 6.07) is 0. The van der Waals surface area contributed by atoms with Gasteiger partial charge in [-0.25, -0.2) is 0 Å². The van der Waals surface area contributed by atoms with Crippen molar-refractivity contribution in [2.75, 3.05) is 19.8 Å². The fourth-order valence-electron chi connectivity index (χ4n) is 4.13. The van der Waals surface area contributed by atoms with Crippen molar-refractivity contribution in [2.24, 2.45) is 17.6 Å². The van der Waals surface area contributed by atoms with Gasteiger partial charge in [-0.3, -0.25) is 4.79 Å². The van der Waals surface area contributed by atoms with Gasteiger partial charge in [0.25, 0.3) is 0 Å². The summed E-state index contributed by atoms with van der Waals surface area (Å²) in [4.78, 5) is 10.5. The van der Waals surface area contributed by atoms with Gasteiger partial charge in [0.15, 0.2) is 0 Å². The third-order valence-electron chi connectivity index (χ3n) is 6.20. The maximum absolute atomic E-state index is 10.5. The quantitative estimate of drug-likeness (QED) is 0.119. The van der Waals surface area contributed by atoms with Crippen molar-refractivity contribution in [1.82, 2.24) is 0 Å². The van der Waals surface area contributed by atoms with E-state index in [1.54, 1.807) is 13.0 Å². The number of aliphatic carboxylic acids is 1. The SMILES string of the molecule is CC#CCC[C@H](O)/C=C/[C@@H]1[C@H]2C[C@@H](CCCCC(=O)O)O[C@H]2C[C@H]1O.NC(CO)(CO)CO. The number of carboxylic acids is 1. The van der Waals surface area contributed by atoms with Crippen LogP contribution in [-0.2, 0) is 9.53 Å². The number of unbranched alkanes of at least 4 members (excludes halogenated alkanes) is 1. The van der Waals surface area contributed by atoms with Crippen LogP contribution in [0.25, 0.3) is 0 Å². The van der Waals surface area contributed by atoms with E-state index in [0.717, 1.165) is 19.3 Å². The second-order valence-corrected chi connectivity index (χ2v) is 8.97. The molecule has 8 N–H and O–H groups in total. The van der Waals surface area contributed by atoms with Crippen molar-refractivity contribution in [2.45, 2.75) is 88.2 Å². The Labute approximate surface area is 196 Å². The molecule has 1 heterocycles. The van der Waals surface area contributed by atoms with Crippen molar-refractivity contribution >= 4 is 5.97 Å². The molecule has 0 bridgehead atoms. The monoisotopic (exact) mass is 471 g/mol. The third kappa shape index (κ3) is 10.5. The van der Waals surface area contributed by atoms with Gasteiger partial charge in [0.1, 0.15) is 0 Å². The number of carboxylic acid groups (broad SMARTS) is 1. The standard InChI is InChI=1S/C20H30O5.C4H11NO3/c1-2-3-4-7-14(21)10-11-16-17-12-15(8-5-6-9-20(23)24)25-19(17)13-18(16)22;5-4(1-6,2-7)3-8/h10-11,14-19,21-22H,4-9,12-13H2,1H3,(H,23,24);6-8H,1-3,5H2/b11-10+;/t14-,15+,16+,17+,18+,19-;/m0./s1. The summed E-state index contributed by atoms with van der Waals surface area (Å²) in [5.41, 5.74) is 3.94. The summed E-state index contributed by atoms with van der Waals surface area (Å²) in [5.74, 6) is 5.32. The number of hydrogen-bond acceptors (Lipinski definition) is 8. The zero-order chi connectivity index (χ0) is 24.9. The lowest BCUT2D eigenvalue weighted by atomic mass is 9.89. The van der Waals surface area contributed by atoms with Crippen LogP contribution in [0.2, 0.25) is 0 Å². The number of hydrogen-bond donors (Lipinski definition) is 7. The highest BCUT2D eigenvalue weighted by Gasteiger charge is 2.47. The van der Waals surface area contributed by atoms with E-state index in [2.05, 4.69) is 11.8 Å². The van der Waals surface area contributed by atoms with Gasteiger partial charge >= 0.3 is 5.97 Å². The van der Waals surface area contributed by atoms with E-state index in [0.29, 0.717) is 31.6 Å². The van der Waals surface area contributed by atoms with Crippen LogP contribution in [-0.4, -0.2) is 86.4 Å². The Morgan fingerprint density at radius 2 is 1.88 bits per heavy atom. The lowest BCUT2D eigenvalue weighted by Crippen LogP contribution is -2.50. The largest absolute Gasteiger partial charge is 0.481 e. The number of ether oxygens (including phenoxy) is 1. The molecule has 0 unspecified atom stereocenters. The molecular formula is C24H41NO8. The highest BCUT2D eigenvalue weighted by molar-refractivity contribution is 5.66. The molecule has 190 valence electrons. The van der Waals surface area contributed by atoms with Gasteiger partial charge in [0, 0.05) is 25.2 Å². The molecule has 1 saturated carbocycles. The fourth-order valence-corrected chi connectivity index (χ4v) is 4.13. The third-order valence-corrected chi connectivity index (χ3v) is 6.20. The van der Waals surface area contributed by atoms with Crippen molar-refractivity contribution in [1.29, 1.82) is 0 Å². The van der Waals surface area contributed by atoms with E-state index in [1.165, 1.54) is 0 Å². The predicted molar refractivity (Wildman–Crippen MR) is 123 cm³/mol. The zero-order valence-electron chi connectivity index (χ0n) is 19.5. The van der Waals surface area contributed by atoms with Crippen LogP contribution in [0.1, 0.15) is 58.3 Å². The summed E-state index contributed by atoms with van der Waals surface area (Å²) in [6.07, 6.45) is 8.50. The Bertz CT molecular complexity index is 646. The molecule has 6 atom stereocenters. The molecule has 1 aliphatic carbocycles. The van der Waals surface area contributed by atoms with E-state index in [1.807, 2.05) is 6.08 Å². The van der Waals surface area contributed by atoms with E-state index < -0.39 is 43.5 Å². The molecule has 33 heavy (non-hydrogen) atoms. The molecule has 2 fully saturated rings. The average molecular weight is 472 g/mol. The van der Waals surface area contributed by atoms with Crippen molar-refractivity contribution in [3.8, 4) is 11.8 Å². The van der Waals surface area contributed by atoms with E-state index in [9.17, 15) is 15.0 Å². The molecule has 0 aromatic carbocycles. The topological polar surface area (TPSA) is 174 Å². The molecule has 0 amide bonds. The first-order valence-electron chi connectivity index (χ1n) is 11.6. The maximum Gasteiger partial charge on any atom is 0.303 e. The number of nitrogens with two attached hydrogens (primary N) is 1. The predicted octanol–water partition coefficient (Wildman–Crippen LogP) is 0.167. The molecular weight excluding hydrogens is 430 g/mol. The molecule has 0 aromatic heterocycles. The second-order valence-electron chi connectivity index (χ2n) is 8.97. The Morgan fingerprint density at radius 1 is 1.21 bits per heavy atom. The molecule has 0 spiro atoms. The second kappa shape index (κ2) is 15.4. The first-order chi connectivity index (χ1) is 15.7. The van der Waals surface area contributed by atoms with Gasteiger partial charge in [0.05, 0.1) is 49.8 Å².